The van der Waals surface area contributed by atoms with Crippen LogP contribution in [0.15, 0.2) is 36.4 Å². The van der Waals surface area contributed by atoms with E-state index in [9.17, 15) is 4.79 Å². The molecule has 4 heteroatoms. The van der Waals surface area contributed by atoms with Gasteiger partial charge in [-0.3, -0.25) is 4.79 Å². The molecule has 3 nitrogen and oxygen atoms in total. The van der Waals surface area contributed by atoms with Crippen molar-refractivity contribution in [2.24, 2.45) is 0 Å². The minimum absolute atomic E-state index is 0.0282. The average molecular weight is 303 g/mol. The average Bonchev–Trinajstić information content (AvgIpc) is 2.44. The predicted molar refractivity (Wildman–Crippen MR) is 88.7 cm³/mol. The first-order valence-corrected chi connectivity index (χ1v) is 7.24. The van der Waals surface area contributed by atoms with Gasteiger partial charge in [-0.1, -0.05) is 41.4 Å². The molecular weight excluding hydrogens is 284 g/mol. The van der Waals surface area contributed by atoms with Gasteiger partial charge in [0, 0.05) is 12.1 Å². The number of anilines is 2. The summed E-state index contributed by atoms with van der Waals surface area (Å²) in [6.45, 7) is 3.94. The maximum absolute atomic E-state index is 12.0. The highest BCUT2D eigenvalue weighted by Gasteiger charge is 2.08. The third-order valence-electron chi connectivity index (χ3n) is 3.38. The Morgan fingerprint density at radius 3 is 2.52 bits per heavy atom. The van der Waals surface area contributed by atoms with Crippen molar-refractivity contribution in [2.75, 3.05) is 11.1 Å². The molecule has 0 aliphatic rings. The second kappa shape index (κ2) is 6.64. The molecule has 3 N–H and O–H groups in total. The van der Waals surface area contributed by atoms with Gasteiger partial charge in [-0.2, -0.15) is 0 Å². The number of amides is 1. The number of halogens is 1. The minimum atomic E-state index is -0.0282. The Morgan fingerprint density at radius 1 is 1.19 bits per heavy atom. The fraction of sp³-hybridized carbons (Fsp3) is 0.235. The summed E-state index contributed by atoms with van der Waals surface area (Å²) in [4.78, 5) is 12.0. The summed E-state index contributed by atoms with van der Waals surface area (Å²) in [5.41, 5.74) is 10.2. The van der Waals surface area contributed by atoms with E-state index in [1.54, 1.807) is 12.1 Å². The van der Waals surface area contributed by atoms with Crippen LogP contribution in [-0.4, -0.2) is 5.91 Å². The highest BCUT2D eigenvalue weighted by molar-refractivity contribution is 6.33. The van der Waals surface area contributed by atoms with Gasteiger partial charge in [-0.05, 0) is 43.5 Å². The lowest BCUT2D eigenvalue weighted by molar-refractivity contribution is -0.116. The summed E-state index contributed by atoms with van der Waals surface area (Å²) in [7, 11) is 0. The second-order valence-electron chi connectivity index (χ2n) is 5.22. The maximum Gasteiger partial charge on any atom is 0.224 e. The number of hydrogen-bond acceptors (Lipinski definition) is 2. The summed E-state index contributed by atoms with van der Waals surface area (Å²) in [5, 5.41) is 3.33. The van der Waals surface area contributed by atoms with E-state index in [-0.39, 0.29) is 5.91 Å². The van der Waals surface area contributed by atoms with Gasteiger partial charge in [0.05, 0.1) is 10.7 Å². The molecule has 0 atom stereocenters. The molecule has 0 bridgehead atoms. The third-order valence-corrected chi connectivity index (χ3v) is 3.71. The van der Waals surface area contributed by atoms with Crippen LogP contribution in [0.25, 0.3) is 0 Å². The van der Waals surface area contributed by atoms with E-state index >= 15 is 0 Å². The van der Waals surface area contributed by atoms with Gasteiger partial charge in [0.25, 0.3) is 0 Å². The van der Waals surface area contributed by atoms with E-state index in [1.165, 1.54) is 5.56 Å². The van der Waals surface area contributed by atoms with Gasteiger partial charge in [-0.25, -0.2) is 0 Å². The van der Waals surface area contributed by atoms with Crippen LogP contribution >= 0.6 is 11.6 Å². The molecule has 0 aliphatic carbocycles. The van der Waals surface area contributed by atoms with Crippen molar-refractivity contribution in [1.29, 1.82) is 0 Å². The first-order chi connectivity index (χ1) is 9.95. The van der Waals surface area contributed by atoms with Crippen LogP contribution in [0.2, 0.25) is 5.02 Å². The van der Waals surface area contributed by atoms with Crippen LogP contribution in [0.3, 0.4) is 0 Å². The molecule has 0 heterocycles. The second-order valence-corrected chi connectivity index (χ2v) is 5.63. The largest absolute Gasteiger partial charge is 0.398 e. The number of rotatable bonds is 4. The number of carbonyl (C=O) groups excluding carboxylic acids is 1. The maximum atomic E-state index is 12.0. The zero-order valence-electron chi connectivity index (χ0n) is 12.2. The van der Waals surface area contributed by atoms with Gasteiger partial charge in [0.1, 0.15) is 0 Å². The number of benzene rings is 2. The molecule has 0 aromatic heterocycles. The van der Waals surface area contributed by atoms with Crippen LogP contribution in [0.5, 0.6) is 0 Å². The van der Waals surface area contributed by atoms with Crippen LogP contribution in [0.1, 0.15) is 23.1 Å². The van der Waals surface area contributed by atoms with E-state index in [4.69, 9.17) is 17.3 Å². The molecule has 0 spiro atoms. The topological polar surface area (TPSA) is 55.1 Å². The fourth-order valence-corrected chi connectivity index (χ4v) is 2.23. The van der Waals surface area contributed by atoms with Crippen LogP contribution in [0.4, 0.5) is 11.4 Å². The molecule has 0 aliphatic heterocycles. The quantitative estimate of drug-likeness (QED) is 0.835. The molecule has 21 heavy (non-hydrogen) atoms. The van der Waals surface area contributed by atoms with E-state index < -0.39 is 0 Å². The normalized spacial score (nSPS) is 10.4. The zero-order chi connectivity index (χ0) is 15.4. The monoisotopic (exact) mass is 302 g/mol. The van der Waals surface area contributed by atoms with Gasteiger partial charge < -0.3 is 11.1 Å². The molecule has 1 amide bonds. The molecule has 110 valence electrons. The van der Waals surface area contributed by atoms with Crippen molar-refractivity contribution >= 4 is 28.9 Å². The molecular formula is C17H19ClN2O. The number of carbonyl (C=O) groups is 1. The van der Waals surface area contributed by atoms with E-state index in [2.05, 4.69) is 17.4 Å². The molecule has 2 aromatic rings. The highest BCUT2D eigenvalue weighted by Crippen LogP contribution is 2.26. The Labute approximate surface area is 130 Å². The number of nitrogens with one attached hydrogen (secondary N) is 1. The summed E-state index contributed by atoms with van der Waals surface area (Å²) in [5.74, 6) is -0.0282. The van der Waals surface area contributed by atoms with Crippen molar-refractivity contribution in [3.63, 3.8) is 0 Å². The number of hydrogen-bond donors (Lipinski definition) is 2. The van der Waals surface area contributed by atoms with Gasteiger partial charge in [-0.15, -0.1) is 0 Å². The number of aryl methyl sites for hydroxylation is 3. The zero-order valence-corrected chi connectivity index (χ0v) is 13.0. The molecule has 0 saturated heterocycles. The third kappa shape index (κ3) is 4.23. The molecule has 2 rings (SSSR count). The molecule has 2 aromatic carbocycles. The summed E-state index contributed by atoms with van der Waals surface area (Å²) < 4.78 is 0. The Balaban J connectivity index is 1.96. The lowest BCUT2D eigenvalue weighted by Crippen LogP contribution is -2.13. The van der Waals surface area contributed by atoms with Gasteiger partial charge in [0.15, 0.2) is 0 Å². The fourth-order valence-electron chi connectivity index (χ4n) is 2.06. The van der Waals surface area contributed by atoms with Crippen molar-refractivity contribution < 1.29 is 4.79 Å². The first kappa shape index (κ1) is 15.4. The standard InChI is InChI=1S/C17H19ClN2O/c1-11-3-5-13(6-4-11)7-8-17(21)20-16-10-14(18)15(19)9-12(16)2/h3-6,9-10H,7-8,19H2,1-2H3,(H,20,21). The molecule has 0 radical (unpaired) electrons. The van der Waals surface area contributed by atoms with E-state index in [0.717, 1.165) is 11.1 Å². The first-order valence-electron chi connectivity index (χ1n) is 6.86. The smallest absolute Gasteiger partial charge is 0.224 e. The summed E-state index contributed by atoms with van der Waals surface area (Å²) in [6.07, 6.45) is 1.15. The molecule has 0 unspecified atom stereocenters. The van der Waals surface area contributed by atoms with Crippen LogP contribution < -0.4 is 11.1 Å². The number of nitrogen functional groups attached to an aromatic ring is 1. The van der Waals surface area contributed by atoms with Gasteiger partial charge >= 0.3 is 0 Å². The minimum Gasteiger partial charge on any atom is -0.398 e. The summed E-state index contributed by atoms with van der Waals surface area (Å²) in [6, 6.07) is 11.7. The SMILES string of the molecule is Cc1ccc(CCC(=O)Nc2cc(Cl)c(N)cc2C)cc1. The Morgan fingerprint density at radius 2 is 1.86 bits per heavy atom. The van der Waals surface area contributed by atoms with Crippen molar-refractivity contribution in [2.45, 2.75) is 26.7 Å². The highest BCUT2D eigenvalue weighted by atomic mass is 35.5. The number of nitrogens with two attached hydrogens (primary N) is 1. The Hall–Kier alpha value is -2.00. The van der Waals surface area contributed by atoms with Crippen molar-refractivity contribution in [3.8, 4) is 0 Å². The Bertz CT molecular complexity index is 651. The van der Waals surface area contributed by atoms with Crippen LogP contribution in [-0.2, 0) is 11.2 Å². The molecule has 0 fully saturated rings. The van der Waals surface area contributed by atoms with Gasteiger partial charge in [0.2, 0.25) is 5.91 Å². The van der Waals surface area contributed by atoms with E-state index in [1.807, 2.05) is 26.0 Å². The predicted octanol–water partition coefficient (Wildman–Crippen LogP) is 4.11. The Kier molecular flexibility index (Phi) is 4.86. The van der Waals surface area contributed by atoms with Crippen LogP contribution in [0, 0.1) is 13.8 Å². The van der Waals surface area contributed by atoms with Crippen molar-refractivity contribution in [3.05, 3.63) is 58.1 Å². The van der Waals surface area contributed by atoms with Crippen molar-refractivity contribution in [1.82, 2.24) is 0 Å². The lowest BCUT2D eigenvalue weighted by atomic mass is 10.1. The van der Waals surface area contributed by atoms with E-state index in [0.29, 0.717) is 29.2 Å². The lowest BCUT2D eigenvalue weighted by Gasteiger charge is -2.10. The summed E-state index contributed by atoms with van der Waals surface area (Å²) >= 11 is 5.98. The molecule has 0 saturated carbocycles.